The van der Waals surface area contributed by atoms with Gasteiger partial charge in [0, 0.05) is 12.1 Å². The van der Waals surface area contributed by atoms with E-state index in [1.165, 1.54) is 0 Å². The Balaban J connectivity index is 1.71. The highest BCUT2D eigenvalue weighted by atomic mass is 16.6. The molecular weight excluding hydrogens is 292 g/mol. The van der Waals surface area contributed by atoms with Crippen molar-refractivity contribution in [3.05, 3.63) is 23.8 Å². The van der Waals surface area contributed by atoms with E-state index in [9.17, 15) is 4.79 Å². The molecule has 1 aromatic carbocycles. The molecule has 0 saturated heterocycles. The Kier molecular flexibility index (Phi) is 4.48. The van der Waals surface area contributed by atoms with Crippen molar-refractivity contribution in [2.75, 3.05) is 13.2 Å². The predicted octanol–water partition coefficient (Wildman–Crippen LogP) is 2.12. The predicted molar refractivity (Wildman–Crippen MR) is 88.8 cm³/mol. The number of amides is 1. The van der Waals surface area contributed by atoms with E-state index in [2.05, 4.69) is 5.32 Å². The molecule has 5 heteroatoms. The van der Waals surface area contributed by atoms with Crippen molar-refractivity contribution in [2.24, 2.45) is 5.73 Å². The van der Waals surface area contributed by atoms with Gasteiger partial charge in [-0.1, -0.05) is 6.07 Å². The highest BCUT2D eigenvalue weighted by molar-refractivity contribution is 5.87. The molecule has 1 amide bonds. The molecule has 3 rings (SSSR count). The van der Waals surface area contributed by atoms with E-state index in [0.717, 1.165) is 42.7 Å². The number of carbonyl (C=O) groups is 1. The fraction of sp³-hybridized carbons (Fsp3) is 0.611. The first-order chi connectivity index (χ1) is 11.0. The Morgan fingerprint density at radius 1 is 1.13 bits per heavy atom. The Hall–Kier alpha value is -1.75. The van der Waals surface area contributed by atoms with Gasteiger partial charge in [0.1, 0.15) is 13.2 Å². The zero-order valence-corrected chi connectivity index (χ0v) is 13.9. The van der Waals surface area contributed by atoms with Crippen LogP contribution in [0, 0.1) is 0 Å². The molecule has 0 atom stereocenters. The highest BCUT2D eigenvalue weighted by Crippen LogP contribution is 2.35. The SMILES string of the molecule is CC(C)(C(=O)NC1CCC(N)CC1)c1ccc2c(c1)OCCO2. The molecule has 1 aromatic rings. The van der Waals surface area contributed by atoms with Crippen LogP contribution in [0.4, 0.5) is 0 Å². The normalized spacial score (nSPS) is 24.1. The van der Waals surface area contributed by atoms with E-state index in [4.69, 9.17) is 15.2 Å². The van der Waals surface area contributed by atoms with Crippen LogP contribution in [0.3, 0.4) is 0 Å². The summed E-state index contributed by atoms with van der Waals surface area (Å²) in [5.74, 6) is 1.52. The van der Waals surface area contributed by atoms with Gasteiger partial charge in [0.25, 0.3) is 0 Å². The first-order valence-corrected chi connectivity index (χ1v) is 8.43. The zero-order chi connectivity index (χ0) is 16.4. The maximum Gasteiger partial charge on any atom is 0.230 e. The fourth-order valence-electron chi connectivity index (χ4n) is 3.19. The summed E-state index contributed by atoms with van der Waals surface area (Å²) in [6.07, 6.45) is 3.89. The Morgan fingerprint density at radius 3 is 2.48 bits per heavy atom. The van der Waals surface area contributed by atoms with E-state index in [1.807, 2.05) is 32.0 Å². The number of benzene rings is 1. The molecule has 2 aliphatic rings. The molecule has 1 aliphatic carbocycles. The number of fused-ring (bicyclic) bond motifs is 1. The summed E-state index contributed by atoms with van der Waals surface area (Å²) < 4.78 is 11.2. The molecule has 0 aromatic heterocycles. The minimum absolute atomic E-state index is 0.0506. The monoisotopic (exact) mass is 318 g/mol. The minimum Gasteiger partial charge on any atom is -0.486 e. The lowest BCUT2D eigenvalue weighted by atomic mass is 9.82. The van der Waals surface area contributed by atoms with Crippen molar-refractivity contribution in [3.63, 3.8) is 0 Å². The molecule has 0 radical (unpaired) electrons. The highest BCUT2D eigenvalue weighted by Gasteiger charge is 2.33. The van der Waals surface area contributed by atoms with Crippen molar-refractivity contribution in [1.29, 1.82) is 0 Å². The molecular formula is C18H26N2O3. The van der Waals surface area contributed by atoms with Crippen LogP contribution in [0.15, 0.2) is 18.2 Å². The topological polar surface area (TPSA) is 73.6 Å². The van der Waals surface area contributed by atoms with E-state index >= 15 is 0 Å². The van der Waals surface area contributed by atoms with Gasteiger partial charge in [0.15, 0.2) is 11.5 Å². The van der Waals surface area contributed by atoms with Gasteiger partial charge in [-0.15, -0.1) is 0 Å². The summed E-state index contributed by atoms with van der Waals surface area (Å²) in [7, 11) is 0. The average molecular weight is 318 g/mol. The third kappa shape index (κ3) is 3.44. The van der Waals surface area contributed by atoms with Crippen LogP contribution in [-0.4, -0.2) is 31.2 Å². The lowest BCUT2D eigenvalue weighted by molar-refractivity contribution is -0.126. The average Bonchev–Trinajstić information content (AvgIpc) is 2.56. The van der Waals surface area contributed by atoms with Crippen LogP contribution < -0.4 is 20.5 Å². The molecule has 3 N–H and O–H groups in total. The molecule has 23 heavy (non-hydrogen) atoms. The Morgan fingerprint density at radius 2 is 1.78 bits per heavy atom. The number of nitrogens with two attached hydrogens (primary N) is 1. The largest absolute Gasteiger partial charge is 0.486 e. The number of hydrogen-bond donors (Lipinski definition) is 2. The third-order valence-corrected chi connectivity index (χ3v) is 4.94. The standard InChI is InChI=1S/C18H26N2O3/c1-18(2,17(21)20-14-6-4-13(19)5-7-14)12-3-8-15-16(11-12)23-10-9-22-15/h3,8,11,13-14H,4-7,9-10,19H2,1-2H3,(H,20,21). The molecule has 1 saturated carbocycles. The maximum atomic E-state index is 12.8. The first-order valence-electron chi connectivity index (χ1n) is 8.43. The summed E-state index contributed by atoms with van der Waals surface area (Å²) >= 11 is 0. The van der Waals surface area contributed by atoms with Crippen LogP contribution in [0.5, 0.6) is 11.5 Å². The van der Waals surface area contributed by atoms with Crippen LogP contribution in [0.2, 0.25) is 0 Å². The number of nitrogens with one attached hydrogen (secondary N) is 1. The number of ether oxygens (including phenoxy) is 2. The van der Waals surface area contributed by atoms with E-state index in [0.29, 0.717) is 13.2 Å². The van der Waals surface area contributed by atoms with Gasteiger partial charge < -0.3 is 20.5 Å². The number of rotatable bonds is 3. The molecule has 0 unspecified atom stereocenters. The summed E-state index contributed by atoms with van der Waals surface area (Å²) in [4.78, 5) is 12.8. The summed E-state index contributed by atoms with van der Waals surface area (Å²) in [6.45, 7) is 5.01. The van der Waals surface area contributed by atoms with Gasteiger partial charge in [-0.3, -0.25) is 4.79 Å². The summed E-state index contributed by atoms with van der Waals surface area (Å²) in [5.41, 5.74) is 6.25. The van der Waals surface area contributed by atoms with Crippen molar-refractivity contribution in [1.82, 2.24) is 5.32 Å². The van der Waals surface area contributed by atoms with E-state index in [-0.39, 0.29) is 18.0 Å². The quantitative estimate of drug-likeness (QED) is 0.895. The lowest BCUT2D eigenvalue weighted by Gasteiger charge is -2.32. The minimum atomic E-state index is -0.616. The third-order valence-electron chi connectivity index (χ3n) is 4.94. The van der Waals surface area contributed by atoms with E-state index < -0.39 is 5.41 Å². The van der Waals surface area contributed by atoms with Gasteiger partial charge >= 0.3 is 0 Å². The number of hydrogen-bond acceptors (Lipinski definition) is 4. The Labute approximate surface area is 137 Å². The van der Waals surface area contributed by atoms with Gasteiger partial charge in [0.2, 0.25) is 5.91 Å². The van der Waals surface area contributed by atoms with Gasteiger partial charge in [-0.05, 0) is 57.2 Å². The van der Waals surface area contributed by atoms with Crippen LogP contribution in [0.25, 0.3) is 0 Å². The zero-order valence-electron chi connectivity index (χ0n) is 13.9. The van der Waals surface area contributed by atoms with Gasteiger partial charge in [-0.25, -0.2) is 0 Å². The Bertz CT molecular complexity index is 578. The summed E-state index contributed by atoms with van der Waals surface area (Å²) in [5, 5.41) is 3.19. The van der Waals surface area contributed by atoms with Crippen LogP contribution in [-0.2, 0) is 10.2 Å². The van der Waals surface area contributed by atoms with Crippen molar-refractivity contribution in [3.8, 4) is 11.5 Å². The van der Waals surface area contributed by atoms with Crippen molar-refractivity contribution in [2.45, 2.75) is 57.0 Å². The maximum absolute atomic E-state index is 12.8. The lowest BCUT2D eigenvalue weighted by Crippen LogP contribution is -2.47. The van der Waals surface area contributed by atoms with Crippen LogP contribution >= 0.6 is 0 Å². The van der Waals surface area contributed by atoms with Gasteiger partial charge in [0.05, 0.1) is 5.41 Å². The molecule has 0 bridgehead atoms. The molecule has 1 fully saturated rings. The molecule has 126 valence electrons. The van der Waals surface area contributed by atoms with Crippen molar-refractivity contribution >= 4 is 5.91 Å². The first kappa shape index (κ1) is 16.1. The second-order valence-electron chi connectivity index (χ2n) is 7.07. The molecule has 1 aliphatic heterocycles. The number of carbonyl (C=O) groups excluding carboxylic acids is 1. The van der Waals surface area contributed by atoms with E-state index in [1.54, 1.807) is 0 Å². The second-order valence-corrected chi connectivity index (χ2v) is 7.07. The van der Waals surface area contributed by atoms with Crippen LogP contribution in [0.1, 0.15) is 45.1 Å². The molecule has 1 heterocycles. The fourth-order valence-corrected chi connectivity index (χ4v) is 3.19. The van der Waals surface area contributed by atoms with Crippen molar-refractivity contribution < 1.29 is 14.3 Å². The molecule has 0 spiro atoms. The summed E-state index contributed by atoms with van der Waals surface area (Å²) in [6, 6.07) is 6.28. The molecule has 5 nitrogen and oxygen atoms in total. The van der Waals surface area contributed by atoms with Gasteiger partial charge in [-0.2, -0.15) is 0 Å². The second kappa shape index (κ2) is 6.40. The smallest absolute Gasteiger partial charge is 0.230 e.